The average molecular weight is 371 g/mol. The van der Waals surface area contributed by atoms with Gasteiger partial charge in [0, 0.05) is 12.6 Å². The van der Waals surface area contributed by atoms with Crippen LogP contribution in [0.3, 0.4) is 0 Å². The smallest absolute Gasteiger partial charge is 0.422 e. The molecule has 0 amide bonds. The Morgan fingerprint density at radius 3 is 2.62 bits per heavy atom. The summed E-state index contributed by atoms with van der Waals surface area (Å²) in [5, 5.41) is 9.23. The first-order valence-corrected chi connectivity index (χ1v) is 7.49. The Morgan fingerprint density at radius 1 is 1.23 bits per heavy atom. The zero-order chi connectivity index (χ0) is 19.0. The van der Waals surface area contributed by atoms with Gasteiger partial charge in [-0.3, -0.25) is 9.63 Å². The maximum Gasteiger partial charge on any atom is 0.422 e. The van der Waals surface area contributed by atoms with Gasteiger partial charge in [0.15, 0.2) is 6.61 Å². The number of hydrogen-bond donors (Lipinski definition) is 2. The minimum atomic E-state index is -4.50. The van der Waals surface area contributed by atoms with Gasteiger partial charge in [0.1, 0.15) is 12.6 Å². The Kier molecular flexibility index (Phi) is 6.87. The van der Waals surface area contributed by atoms with E-state index in [1.165, 1.54) is 12.3 Å². The molecule has 1 atom stereocenters. The molecule has 0 saturated carbocycles. The van der Waals surface area contributed by atoms with Crippen LogP contribution in [-0.4, -0.2) is 39.9 Å². The second-order valence-electron chi connectivity index (χ2n) is 5.22. The van der Waals surface area contributed by atoms with Gasteiger partial charge in [-0.2, -0.15) is 23.6 Å². The third kappa shape index (κ3) is 7.03. The lowest BCUT2D eigenvalue weighted by Gasteiger charge is -2.14. The molecule has 0 aliphatic heterocycles. The molecule has 0 unspecified atom stereocenters. The second-order valence-corrected chi connectivity index (χ2v) is 5.22. The van der Waals surface area contributed by atoms with E-state index in [2.05, 4.69) is 20.2 Å². The van der Waals surface area contributed by atoms with Crippen molar-refractivity contribution >= 4 is 5.97 Å². The van der Waals surface area contributed by atoms with Crippen LogP contribution < -0.4 is 10.2 Å². The summed E-state index contributed by atoms with van der Waals surface area (Å²) >= 11 is 0. The predicted molar refractivity (Wildman–Crippen MR) is 83.1 cm³/mol. The van der Waals surface area contributed by atoms with Gasteiger partial charge in [0.05, 0.1) is 5.69 Å². The number of ether oxygens (including phenoxy) is 1. The van der Waals surface area contributed by atoms with Crippen LogP contribution in [0.15, 0.2) is 42.6 Å². The van der Waals surface area contributed by atoms with Gasteiger partial charge in [-0.1, -0.05) is 30.3 Å². The third-order valence-electron chi connectivity index (χ3n) is 3.08. The van der Waals surface area contributed by atoms with Crippen LogP contribution in [0.1, 0.15) is 11.3 Å². The molecule has 1 aromatic carbocycles. The van der Waals surface area contributed by atoms with Crippen LogP contribution in [0.25, 0.3) is 0 Å². The molecule has 7 nitrogen and oxygen atoms in total. The van der Waals surface area contributed by atoms with Gasteiger partial charge in [0.25, 0.3) is 0 Å². The summed E-state index contributed by atoms with van der Waals surface area (Å²) in [6.45, 7) is -1.68. The largest absolute Gasteiger partial charge is 0.480 e. The molecular formula is C16H16F3N3O4. The number of carboxylic acid groups (broad SMARTS) is 1. The van der Waals surface area contributed by atoms with Gasteiger partial charge in [-0.25, -0.2) is 4.98 Å². The molecule has 140 valence electrons. The molecule has 0 saturated heterocycles. The molecule has 0 fully saturated rings. The summed E-state index contributed by atoms with van der Waals surface area (Å²) in [6, 6.07) is 8.93. The molecule has 2 aromatic rings. The molecule has 0 radical (unpaired) electrons. The minimum absolute atomic E-state index is 0.177. The molecule has 0 aliphatic rings. The first-order valence-electron chi connectivity index (χ1n) is 7.49. The molecule has 0 aliphatic carbocycles. The van der Waals surface area contributed by atoms with Gasteiger partial charge < -0.3 is 9.84 Å². The van der Waals surface area contributed by atoms with Crippen molar-refractivity contribution in [3.8, 4) is 6.01 Å². The van der Waals surface area contributed by atoms with Crippen molar-refractivity contribution in [3.05, 3.63) is 53.9 Å². The van der Waals surface area contributed by atoms with E-state index in [-0.39, 0.29) is 18.7 Å². The molecule has 1 heterocycles. The molecule has 26 heavy (non-hydrogen) atoms. The van der Waals surface area contributed by atoms with Crippen molar-refractivity contribution in [1.82, 2.24) is 15.4 Å². The van der Waals surface area contributed by atoms with E-state index in [1.807, 2.05) is 6.07 Å². The van der Waals surface area contributed by atoms with Crippen LogP contribution in [0, 0.1) is 0 Å². The monoisotopic (exact) mass is 371 g/mol. The number of aliphatic carboxylic acids is 1. The lowest BCUT2D eigenvalue weighted by molar-refractivity contribution is -0.154. The van der Waals surface area contributed by atoms with Gasteiger partial charge in [-0.05, 0) is 11.6 Å². The molecular weight excluding hydrogens is 355 g/mol. The predicted octanol–water partition coefficient (Wildman–Crippen LogP) is 2.13. The van der Waals surface area contributed by atoms with E-state index in [9.17, 15) is 23.1 Å². The van der Waals surface area contributed by atoms with Gasteiger partial charge in [0.2, 0.25) is 0 Å². The first-order chi connectivity index (χ1) is 12.3. The molecule has 0 bridgehead atoms. The molecule has 2 rings (SSSR count). The maximum atomic E-state index is 12.1. The van der Waals surface area contributed by atoms with Gasteiger partial charge >= 0.3 is 18.2 Å². The molecule has 0 spiro atoms. The number of benzene rings is 1. The van der Waals surface area contributed by atoms with Crippen LogP contribution >= 0.6 is 0 Å². The highest BCUT2D eigenvalue weighted by atomic mass is 19.4. The Bertz CT molecular complexity index is 713. The van der Waals surface area contributed by atoms with Crippen LogP contribution in [-0.2, 0) is 22.7 Å². The second kappa shape index (κ2) is 9.11. The Balaban J connectivity index is 1.86. The van der Waals surface area contributed by atoms with E-state index in [1.54, 1.807) is 24.3 Å². The topological polar surface area (TPSA) is 93.6 Å². The zero-order valence-corrected chi connectivity index (χ0v) is 13.4. The van der Waals surface area contributed by atoms with E-state index in [4.69, 9.17) is 4.84 Å². The number of aromatic nitrogens is 2. The summed E-state index contributed by atoms with van der Waals surface area (Å²) < 4.78 is 40.8. The van der Waals surface area contributed by atoms with E-state index >= 15 is 0 Å². The number of carbonyl (C=O) groups is 1. The number of rotatable bonds is 9. The van der Waals surface area contributed by atoms with Crippen molar-refractivity contribution in [2.24, 2.45) is 0 Å². The summed E-state index contributed by atoms with van der Waals surface area (Å²) in [5.74, 6) is -1.11. The number of nitrogens with zero attached hydrogens (tertiary/aromatic N) is 2. The van der Waals surface area contributed by atoms with Crippen LogP contribution in [0.5, 0.6) is 6.01 Å². The summed E-state index contributed by atoms with van der Waals surface area (Å²) in [6.07, 6.45) is -3.08. The fraction of sp³-hybridized carbons (Fsp3) is 0.312. The summed E-state index contributed by atoms with van der Waals surface area (Å²) in [4.78, 5) is 23.7. The van der Waals surface area contributed by atoms with Crippen molar-refractivity contribution < 1.29 is 32.6 Å². The Hall–Kier alpha value is -2.72. The normalized spacial score (nSPS) is 12.6. The number of nitrogens with one attached hydrogen (secondary N) is 1. The van der Waals surface area contributed by atoms with Crippen LogP contribution in [0.2, 0.25) is 0 Å². The fourth-order valence-corrected chi connectivity index (χ4v) is 1.92. The van der Waals surface area contributed by atoms with E-state index in [0.29, 0.717) is 0 Å². The first kappa shape index (κ1) is 19.6. The minimum Gasteiger partial charge on any atom is -0.480 e. The average Bonchev–Trinajstić information content (AvgIpc) is 2.60. The van der Waals surface area contributed by atoms with Crippen molar-refractivity contribution in [2.45, 2.75) is 25.2 Å². The highest BCUT2D eigenvalue weighted by Gasteiger charge is 2.29. The number of hydroxylamine groups is 1. The lowest BCUT2D eigenvalue weighted by Crippen LogP contribution is -2.38. The number of hydrogen-bond acceptors (Lipinski definition) is 6. The number of halogens is 3. The summed E-state index contributed by atoms with van der Waals surface area (Å²) in [5.41, 5.74) is 3.45. The Morgan fingerprint density at radius 2 is 1.96 bits per heavy atom. The van der Waals surface area contributed by atoms with Crippen molar-refractivity contribution in [2.75, 3.05) is 6.61 Å². The fourth-order valence-electron chi connectivity index (χ4n) is 1.92. The SMILES string of the molecule is O=C(O)[C@@H](Cc1ccccc1)NOCc1ccnc(OCC(F)(F)F)n1. The number of carboxylic acids is 1. The standard InChI is InChI=1S/C16H16F3N3O4/c17-16(18,19)10-25-15-20-7-6-12(21-15)9-26-22-13(14(23)24)8-11-4-2-1-3-5-11/h1-7,13,22H,8-10H2,(H,23,24)/t13-/m1/s1. The zero-order valence-electron chi connectivity index (χ0n) is 13.4. The van der Waals surface area contributed by atoms with E-state index in [0.717, 1.165) is 5.56 Å². The third-order valence-corrected chi connectivity index (χ3v) is 3.08. The lowest BCUT2D eigenvalue weighted by atomic mass is 10.1. The van der Waals surface area contributed by atoms with E-state index < -0.39 is 30.8 Å². The summed E-state index contributed by atoms with van der Waals surface area (Å²) in [7, 11) is 0. The Labute approximate surface area is 146 Å². The highest BCUT2D eigenvalue weighted by molar-refractivity contribution is 5.73. The highest BCUT2D eigenvalue weighted by Crippen LogP contribution is 2.16. The van der Waals surface area contributed by atoms with Crippen LogP contribution in [0.4, 0.5) is 13.2 Å². The molecule has 1 aromatic heterocycles. The quantitative estimate of drug-likeness (QED) is 0.652. The maximum absolute atomic E-state index is 12.1. The van der Waals surface area contributed by atoms with Gasteiger partial charge in [-0.15, -0.1) is 0 Å². The molecule has 2 N–H and O–H groups in total. The van der Waals surface area contributed by atoms with Crippen molar-refractivity contribution in [3.63, 3.8) is 0 Å². The van der Waals surface area contributed by atoms with Crippen molar-refractivity contribution in [1.29, 1.82) is 0 Å². The molecule has 10 heteroatoms. The number of alkyl halides is 3.